The number of ether oxygens (including phenoxy) is 1. The summed E-state index contributed by atoms with van der Waals surface area (Å²) in [5.41, 5.74) is 0.504. The van der Waals surface area contributed by atoms with Crippen LogP contribution in [0.25, 0.3) is 0 Å². The SMILES string of the molecule is CCOc1ccc(C(=O)c2ccc(Cl)o2)c(Br)c1. The van der Waals surface area contributed by atoms with Gasteiger partial charge < -0.3 is 9.15 Å². The first-order chi connectivity index (χ1) is 8.61. The van der Waals surface area contributed by atoms with Gasteiger partial charge in [0.1, 0.15) is 5.75 Å². The molecule has 0 aliphatic heterocycles. The molecule has 0 fully saturated rings. The van der Waals surface area contributed by atoms with Crippen molar-refractivity contribution < 1.29 is 13.9 Å². The number of halogens is 2. The maximum atomic E-state index is 12.1. The van der Waals surface area contributed by atoms with Gasteiger partial charge in [-0.25, -0.2) is 0 Å². The second-order valence-corrected chi connectivity index (χ2v) is 4.73. The lowest BCUT2D eigenvalue weighted by atomic mass is 10.1. The van der Waals surface area contributed by atoms with E-state index in [9.17, 15) is 4.79 Å². The Balaban J connectivity index is 2.31. The van der Waals surface area contributed by atoms with Gasteiger partial charge in [-0.05, 0) is 64.8 Å². The second kappa shape index (κ2) is 5.59. The van der Waals surface area contributed by atoms with Crippen molar-refractivity contribution in [2.24, 2.45) is 0 Å². The molecule has 0 aliphatic carbocycles. The Morgan fingerprint density at radius 3 is 2.72 bits per heavy atom. The molecule has 1 aromatic carbocycles. The van der Waals surface area contributed by atoms with Crippen molar-refractivity contribution in [3.05, 3.63) is 51.3 Å². The number of rotatable bonds is 4. The van der Waals surface area contributed by atoms with Crippen LogP contribution >= 0.6 is 27.5 Å². The van der Waals surface area contributed by atoms with Crippen molar-refractivity contribution in [1.29, 1.82) is 0 Å². The Hall–Kier alpha value is -1.26. The van der Waals surface area contributed by atoms with E-state index in [1.54, 1.807) is 24.3 Å². The molecule has 0 bridgehead atoms. The summed E-state index contributed by atoms with van der Waals surface area (Å²) in [6.45, 7) is 2.48. The average Bonchev–Trinajstić information content (AvgIpc) is 2.76. The molecule has 0 saturated carbocycles. The Bertz CT molecular complexity index is 577. The standard InChI is InChI=1S/C13H10BrClO3/c1-2-17-8-3-4-9(10(14)7-8)13(16)11-5-6-12(15)18-11/h3-7H,2H2,1H3. The fourth-order valence-corrected chi connectivity index (χ4v) is 2.19. The fourth-order valence-electron chi connectivity index (χ4n) is 1.51. The number of benzene rings is 1. The number of hydrogen-bond donors (Lipinski definition) is 0. The van der Waals surface area contributed by atoms with Crippen LogP contribution in [0.15, 0.2) is 39.2 Å². The van der Waals surface area contributed by atoms with Crippen LogP contribution in [-0.4, -0.2) is 12.4 Å². The number of carbonyl (C=O) groups excluding carboxylic acids is 1. The first-order valence-electron chi connectivity index (χ1n) is 5.34. The zero-order valence-corrected chi connectivity index (χ0v) is 11.9. The molecule has 0 spiro atoms. The minimum Gasteiger partial charge on any atom is -0.494 e. The third-order valence-corrected chi connectivity index (χ3v) is 3.15. The lowest BCUT2D eigenvalue weighted by molar-refractivity contribution is 0.101. The van der Waals surface area contributed by atoms with Gasteiger partial charge in [0.15, 0.2) is 11.0 Å². The number of furan rings is 1. The third-order valence-electron chi connectivity index (χ3n) is 2.29. The van der Waals surface area contributed by atoms with Crippen LogP contribution in [0.4, 0.5) is 0 Å². The Morgan fingerprint density at radius 2 is 2.17 bits per heavy atom. The van der Waals surface area contributed by atoms with E-state index in [0.29, 0.717) is 22.4 Å². The summed E-state index contributed by atoms with van der Waals surface area (Å²) in [5, 5.41) is 0.195. The monoisotopic (exact) mass is 328 g/mol. The number of ketones is 1. The predicted octanol–water partition coefficient (Wildman–Crippen LogP) is 4.33. The van der Waals surface area contributed by atoms with E-state index in [0.717, 1.165) is 0 Å². The van der Waals surface area contributed by atoms with Gasteiger partial charge in [0.05, 0.1) is 6.61 Å². The normalized spacial score (nSPS) is 10.4. The number of carbonyl (C=O) groups is 1. The molecule has 0 aliphatic rings. The van der Waals surface area contributed by atoms with Crippen molar-refractivity contribution >= 4 is 33.3 Å². The molecular weight excluding hydrogens is 319 g/mol. The van der Waals surface area contributed by atoms with Crippen LogP contribution in [0.3, 0.4) is 0 Å². The molecule has 94 valence electrons. The average molecular weight is 330 g/mol. The molecule has 1 aromatic heterocycles. The first kappa shape index (κ1) is 13.2. The van der Waals surface area contributed by atoms with Crippen molar-refractivity contribution in [2.45, 2.75) is 6.92 Å². The second-order valence-electron chi connectivity index (χ2n) is 3.51. The molecule has 0 N–H and O–H groups in total. The van der Waals surface area contributed by atoms with Gasteiger partial charge >= 0.3 is 0 Å². The van der Waals surface area contributed by atoms with E-state index in [-0.39, 0.29) is 16.8 Å². The fraction of sp³-hybridized carbons (Fsp3) is 0.154. The van der Waals surface area contributed by atoms with Gasteiger partial charge in [-0.2, -0.15) is 0 Å². The summed E-state index contributed by atoms with van der Waals surface area (Å²) < 4.78 is 11.1. The van der Waals surface area contributed by atoms with E-state index >= 15 is 0 Å². The molecule has 0 unspecified atom stereocenters. The zero-order chi connectivity index (χ0) is 13.1. The first-order valence-corrected chi connectivity index (χ1v) is 6.51. The quantitative estimate of drug-likeness (QED) is 0.784. The van der Waals surface area contributed by atoms with Crippen molar-refractivity contribution in [3.8, 4) is 5.75 Å². The van der Waals surface area contributed by atoms with Crippen LogP contribution in [0, 0.1) is 0 Å². The third kappa shape index (κ3) is 2.76. The summed E-state index contributed by atoms with van der Waals surface area (Å²) in [4.78, 5) is 12.1. The highest BCUT2D eigenvalue weighted by Gasteiger charge is 2.16. The maximum absolute atomic E-state index is 12.1. The summed E-state index contributed by atoms with van der Waals surface area (Å²) in [7, 11) is 0. The zero-order valence-electron chi connectivity index (χ0n) is 9.57. The van der Waals surface area contributed by atoms with Crippen LogP contribution in [0.2, 0.25) is 5.22 Å². The topological polar surface area (TPSA) is 39.4 Å². The molecule has 0 radical (unpaired) electrons. The van der Waals surface area contributed by atoms with E-state index in [2.05, 4.69) is 15.9 Å². The summed E-state index contributed by atoms with van der Waals surface area (Å²) in [6.07, 6.45) is 0. The molecule has 0 amide bonds. The minimum absolute atomic E-state index is 0.195. The molecule has 0 atom stereocenters. The number of hydrogen-bond acceptors (Lipinski definition) is 3. The van der Waals surface area contributed by atoms with Gasteiger partial charge in [-0.3, -0.25) is 4.79 Å². The molecule has 0 saturated heterocycles. The van der Waals surface area contributed by atoms with Gasteiger partial charge in [0.2, 0.25) is 5.78 Å². The van der Waals surface area contributed by atoms with E-state index in [1.165, 1.54) is 6.07 Å². The Morgan fingerprint density at radius 1 is 1.39 bits per heavy atom. The van der Waals surface area contributed by atoms with Gasteiger partial charge in [-0.1, -0.05) is 0 Å². The molecule has 18 heavy (non-hydrogen) atoms. The largest absolute Gasteiger partial charge is 0.494 e. The molecule has 2 aromatic rings. The van der Waals surface area contributed by atoms with Crippen molar-refractivity contribution in [1.82, 2.24) is 0 Å². The molecule has 2 rings (SSSR count). The van der Waals surface area contributed by atoms with Gasteiger partial charge in [0, 0.05) is 10.0 Å². The van der Waals surface area contributed by atoms with Crippen LogP contribution in [0.5, 0.6) is 5.75 Å². The lowest BCUT2D eigenvalue weighted by Crippen LogP contribution is -2.01. The highest BCUT2D eigenvalue weighted by atomic mass is 79.9. The maximum Gasteiger partial charge on any atom is 0.229 e. The van der Waals surface area contributed by atoms with E-state index < -0.39 is 0 Å². The molecule has 3 nitrogen and oxygen atoms in total. The van der Waals surface area contributed by atoms with E-state index in [1.807, 2.05) is 6.92 Å². The molecule has 5 heteroatoms. The van der Waals surface area contributed by atoms with E-state index in [4.69, 9.17) is 20.8 Å². The lowest BCUT2D eigenvalue weighted by Gasteiger charge is -2.06. The summed E-state index contributed by atoms with van der Waals surface area (Å²) >= 11 is 8.99. The Kier molecular flexibility index (Phi) is 4.09. The summed E-state index contributed by atoms with van der Waals surface area (Å²) in [6, 6.07) is 8.27. The summed E-state index contributed by atoms with van der Waals surface area (Å²) in [5.74, 6) is 0.695. The van der Waals surface area contributed by atoms with Crippen molar-refractivity contribution in [2.75, 3.05) is 6.61 Å². The molecule has 1 heterocycles. The van der Waals surface area contributed by atoms with Crippen molar-refractivity contribution in [3.63, 3.8) is 0 Å². The van der Waals surface area contributed by atoms with Gasteiger partial charge in [0.25, 0.3) is 0 Å². The van der Waals surface area contributed by atoms with Crippen LogP contribution < -0.4 is 4.74 Å². The molecular formula is C13H10BrClO3. The predicted molar refractivity (Wildman–Crippen MR) is 72.5 cm³/mol. The minimum atomic E-state index is -0.225. The highest BCUT2D eigenvalue weighted by molar-refractivity contribution is 9.10. The van der Waals surface area contributed by atoms with Crippen LogP contribution in [-0.2, 0) is 0 Å². The van der Waals surface area contributed by atoms with Gasteiger partial charge in [-0.15, -0.1) is 0 Å². The van der Waals surface area contributed by atoms with Crippen LogP contribution in [0.1, 0.15) is 23.0 Å². The highest BCUT2D eigenvalue weighted by Crippen LogP contribution is 2.26. The smallest absolute Gasteiger partial charge is 0.229 e. The Labute approximate surface area is 118 Å².